The van der Waals surface area contributed by atoms with Crippen LogP contribution in [0.5, 0.6) is 5.75 Å². The van der Waals surface area contributed by atoms with Gasteiger partial charge in [-0.2, -0.15) is 0 Å². The normalized spacial score (nSPS) is 10.0. The number of aromatic nitrogens is 3. The SMILES string of the molecule is COc1ccc(NC(=O)NCCNc2ccc(Nc3ccccn3)nn2)cc1. The van der Waals surface area contributed by atoms with Crippen LogP contribution in [0.4, 0.5) is 27.9 Å². The number of pyridine rings is 1. The van der Waals surface area contributed by atoms with Crippen molar-refractivity contribution in [1.29, 1.82) is 0 Å². The Hall–Kier alpha value is -3.88. The standard InChI is InChI=1S/C19H21N7O2/c1-28-15-7-5-14(6-8-15)23-19(27)22-13-12-21-17-9-10-18(26-25-17)24-16-4-2-3-11-20-16/h2-11H,12-13H2,1H3,(H,21,25)(H,20,24,26)(H2,22,23,27). The molecule has 0 unspecified atom stereocenters. The highest BCUT2D eigenvalue weighted by molar-refractivity contribution is 5.89. The zero-order valence-corrected chi connectivity index (χ0v) is 15.3. The second-order valence-electron chi connectivity index (χ2n) is 5.68. The minimum absolute atomic E-state index is 0.284. The highest BCUT2D eigenvalue weighted by Crippen LogP contribution is 2.14. The van der Waals surface area contributed by atoms with Gasteiger partial charge in [0.15, 0.2) is 5.82 Å². The summed E-state index contributed by atoms with van der Waals surface area (Å²) in [5.74, 6) is 2.65. The Morgan fingerprint density at radius 1 is 0.929 bits per heavy atom. The van der Waals surface area contributed by atoms with E-state index in [4.69, 9.17) is 4.74 Å². The smallest absolute Gasteiger partial charge is 0.319 e. The zero-order chi connectivity index (χ0) is 19.6. The molecule has 0 aliphatic carbocycles. The van der Waals surface area contributed by atoms with Crippen LogP contribution < -0.4 is 26.0 Å². The summed E-state index contributed by atoms with van der Waals surface area (Å²) in [6.07, 6.45) is 1.70. The Bertz CT molecular complexity index is 871. The number of hydrogen-bond acceptors (Lipinski definition) is 7. The van der Waals surface area contributed by atoms with Gasteiger partial charge in [-0.15, -0.1) is 10.2 Å². The van der Waals surface area contributed by atoms with E-state index >= 15 is 0 Å². The molecule has 0 saturated heterocycles. The molecule has 0 saturated carbocycles. The van der Waals surface area contributed by atoms with Crippen LogP contribution in [0.25, 0.3) is 0 Å². The first-order chi connectivity index (χ1) is 13.7. The van der Waals surface area contributed by atoms with Crippen molar-refractivity contribution >= 4 is 29.2 Å². The molecule has 144 valence electrons. The van der Waals surface area contributed by atoms with E-state index < -0.39 is 0 Å². The van der Waals surface area contributed by atoms with E-state index in [0.717, 1.165) is 5.75 Å². The predicted molar refractivity (Wildman–Crippen MR) is 108 cm³/mol. The van der Waals surface area contributed by atoms with Crippen LogP contribution in [0.15, 0.2) is 60.8 Å². The zero-order valence-electron chi connectivity index (χ0n) is 15.3. The minimum Gasteiger partial charge on any atom is -0.497 e. The molecule has 4 N–H and O–H groups in total. The molecule has 0 bridgehead atoms. The molecule has 0 aliphatic heterocycles. The molecule has 9 nitrogen and oxygen atoms in total. The molecule has 0 radical (unpaired) electrons. The summed E-state index contributed by atoms with van der Waals surface area (Å²) in [5.41, 5.74) is 0.688. The molecule has 2 heterocycles. The molecule has 0 atom stereocenters. The van der Waals surface area contributed by atoms with Gasteiger partial charge in [0.1, 0.15) is 17.4 Å². The van der Waals surface area contributed by atoms with E-state index in [1.54, 1.807) is 49.7 Å². The molecule has 1 aromatic carbocycles. The minimum atomic E-state index is -0.284. The Labute approximate surface area is 162 Å². The third kappa shape index (κ3) is 5.84. The van der Waals surface area contributed by atoms with Crippen molar-refractivity contribution in [3.63, 3.8) is 0 Å². The predicted octanol–water partition coefficient (Wildman–Crippen LogP) is 2.86. The second kappa shape index (κ2) is 9.72. The average molecular weight is 379 g/mol. The van der Waals surface area contributed by atoms with Gasteiger partial charge in [-0.3, -0.25) is 0 Å². The highest BCUT2D eigenvalue weighted by Gasteiger charge is 2.02. The van der Waals surface area contributed by atoms with Gasteiger partial charge in [0.2, 0.25) is 0 Å². The molecular formula is C19H21N7O2. The second-order valence-corrected chi connectivity index (χ2v) is 5.68. The number of nitrogens with zero attached hydrogens (tertiary/aromatic N) is 3. The largest absolute Gasteiger partial charge is 0.497 e. The van der Waals surface area contributed by atoms with Gasteiger partial charge in [0.05, 0.1) is 7.11 Å². The number of nitrogens with one attached hydrogen (secondary N) is 4. The van der Waals surface area contributed by atoms with Crippen LogP contribution in [-0.4, -0.2) is 41.4 Å². The molecule has 3 rings (SSSR count). The number of rotatable bonds is 8. The number of benzene rings is 1. The first kappa shape index (κ1) is 18.9. The van der Waals surface area contributed by atoms with Crippen molar-refractivity contribution in [3.8, 4) is 5.75 Å². The van der Waals surface area contributed by atoms with Crippen molar-refractivity contribution in [1.82, 2.24) is 20.5 Å². The van der Waals surface area contributed by atoms with Crippen molar-refractivity contribution in [3.05, 3.63) is 60.8 Å². The molecule has 2 aromatic heterocycles. The van der Waals surface area contributed by atoms with Gasteiger partial charge in [-0.25, -0.2) is 9.78 Å². The number of methoxy groups -OCH3 is 1. The lowest BCUT2D eigenvalue weighted by molar-refractivity contribution is 0.252. The Balaban J connectivity index is 1.37. The molecule has 9 heteroatoms. The van der Waals surface area contributed by atoms with Crippen molar-refractivity contribution in [2.75, 3.05) is 36.1 Å². The lowest BCUT2D eigenvalue weighted by Crippen LogP contribution is -2.32. The number of hydrogen-bond donors (Lipinski definition) is 4. The van der Waals surface area contributed by atoms with E-state index in [1.807, 2.05) is 18.2 Å². The van der Waals surface area contributed by atoms with Crippen LogP contribution in [0.1, 0.15) is 0 Å². The summed E-state index contributed by atoms with van der Waals surface area (Å²) in [4.78, 5) is 16.0. The molecular weight excluding hydrogens is 358 g/mol. The van der Waals surface area contributed by atoms with Gasteiger partial charge >= 0.3 is 6.03 Å². The third-order valence-corrected chi connectivity index (χ3v) is 3.65. The maximum atomic E-state index is 11.9. The molecule has 0 spiro atoms. The molecule has 28 heavy (non-hydrogen) atoms. The summed E-state index contributed by atoms with van der Waals surface area (Å²) >= 11 is 0. The number of urea groups is 1. The van der Waals surface area contributed by atoms with Crippen molar-refractivity contribution in [2.24, 2.45) is 0 Å². The maximum Gasteiger partial charge on any atom is 0.319 e. The van der Waals surface area contributed by atoms with Crippen molar-refractivity contribution in [2.45, 2.75) is 0 Å². The monoisotopic (exact) mass is 379 g/mol. The summed E-state index contributed by atoms with van der Waals surface area (Å²) in [5, 5.41) is 19.8. The topological polar surface area (TPSA) is 113 Å². The summed E-state index contributed by atoms with van der Waals surface area (Å²) in [6.45, 7) is 0.940. The van der Waals surface area contributed by atoms with E-state index in [-0.39, 0.29) is 6.03 Å². The van der Waals surface area contributed by atoms with E-state index in [1.165, 1.54) is 0 Å². The van der Waals surface area contributed by atoms with E-state index in [9.17, 15) is 4.79 Å². The Morgan fingerprint density at radius 3 is 2.39 bits per heavy atom. The lowest BCUT2D eigenvalue weighted by atomic mass is 10.3. The number of carbonyl (C=O) groups is 1. The highest BCUT2D eigenvalue weighted by atomic mass is 16.5. The van der Waals surface area contributed by atoms with E-state index in [0.29, 0.717) is 36.2 Å². The first-order valence-electron chi connectivity index (χ1n) is 8.67. The fourth-order valence-electron chi connectivity index (χ4n) is 2.28. The van der Waals surface area contributed by atoms with Crippen LogP contribution >= 0.6 is 0 Å². The lowest BCUT2D eigenvalue weighted by Gasteiger charge is -2.09. The van der Waals surface area contributed by atoms with Crippen LogP contribution in [0, 0.1) is 0 Å². The van der Waals surface area contributed by atoms with Gasteiger partial charge in [-0.05, 0) is 48.5 Å². The number of amides is 2. The number of anilines is 4. The maximum absolute atomic E-state index is 11.9. The van der Waals surface area contributed by atoms with E-state index in [2.05, 4.69) is 36.4 Å². The average Bonchev–Trinajstić information content (AvgIpc) is 2.74. The van der Waals surface area contributed by atoms with Crippen LogP contribution in [0.3, 0.4) is 0 Å². The molecule has 0 aliphatic rings. The first-order valence-corrected chi connectivity index (χ1v) is 8.67. The van der Waals surface area contributed by atoms with Crippen molar-refractivity contribution < 1.29 is 9.53 Å². The summed E-state index contributed by atoms with van der Waals surface area (Å²) < 4.78 is 5.08. The summed E-state index contributed by atoms with van der Waals surface area (Å²) in [7, 11) is 1.59. The van der Waals surface area contributed by atoms with Gasteiger partial charge in [0.25, 0.3) is 0 Å². The van der Waals surface area contributed by atoms with Gasteiger partial charge in [-0.1, -0.05) is 6.07 Å². The molecule has 0 fully saturated rings. The molecule has 2 amide bonds. The fraction of sp³-hybridized carbons (Fsp3) is 0.158. The number of ether oxygens (including phenoxy) is 1. The Morgan fingerprint density at radius 2 is 1.71 bits per heavy atom. The number of carbonyl (C=O) groups excluding carboxylic acids is 1. The third-order valence-electron chi connectivity index (χ3n) is 3.65. The van der Waals surface area contributed by atoms with Gasteiger partial charge in [0, 0.05) is 25.0 Å². The van der Waals surface area contributed by atoms with Crippen LogP contribution in [-0.2, 0) is 0 Å². The summed E-state index contributed by atoms with van der Waals surface area (Å²) in [6, 6.07) is 16.0. The molecule has 3 aromatic rings. The fourth-order valence-corrected chi connectivity index (χ4v) is 2.28. The quantitative estimate of drug-likeness (QED) is 0.445. The Kier molecular flexibility index (Phi) is 6.56. The van der Waals surface area contributed by atoms with Gasteiger partial charge < -0.3 is 26.0 Å². The van der Waals surface area contributed by atoms with Crippen LogP contribution in [0.2, 0.25) is 0 Å².